The summed E-state index contributed by atoms with van der Waals surface area (Å²) in [6.45, 7) is 2.58. The fourth-order valence-corrected chi connectivity index (χ4v) is 7.92. The van der Waals surface area contributed by atoms with Crippen LogP contribution in [0.4, 0.5) is 4.39 Å². The molecule has 1 saturated heterocycles. The Hall–Kier alpha value is -3.77. The first-order valence-electron chi connectivity index (χ1n) is 20.4. The number of amidine groups is 1. The number of phosphoric ester groups is 1. The van der Waals surface area contributed by atoms with Gasteiger partial charge in [0.2, 0.25) is 0 Å². The Balaban J connectivity index is 1.30. The van der Waals surface area contributed by atoms with Crippen LogP contribution < -0.4 is 5.73 Å². The summed E-state index contributed by atoms with van der Waals surface area (Å²) in [4.78, 5) is 17.4. The largest absolute Gasteiger partial charge is 0.472 e. The average molecular weight is 826 g/mol. The molecule has 1 aromatic heterocycles. The Labute approximate surface area is 341 Å². The molecule has 1 aliphatic heterocycles. The third kappa shape index (κ3) is 15.1. The predicted octanol–water partition coefficient (Wildman–Crippen LogP) is 8.09. The first-order valence-corrected chi connectivity index (χ1v) is 21.9. The molecule has 0 spiro atoms. The fourth-order valence-electron chi connectivity index (χ4n) is 7.07. The highest BCUT2D eigenvalue weighted by atomic mass is 31.2. The van der Waals surface area contributed by atoms with Gasteiger partial charge in [0.25, 0.3) is 0 Å². The Morgan fingerprint density at radius 3 is 2.28 bits per heavy atom. The quantitative estimate of drug-likeness (QED) is 0.0188. The van der Waals surface area contributed by atoms with Crippen LogP contribution in [0.25, 0.3) is 0 Å². The van der Waals surface area contributed by atoms with Crippen molar-refractivity contribution >= 4 is 20.0 Å². The van der Waals surface area contributed by atoms with Gasteiger partial charge in [-0.3, -0.25) is 14.5 Å². The van der Waals surface area contributed by atoms with Crippen molar-refractivity contribution in [3.8, 4) is 6.07 Å². The second-order valence-electron chi connectivity index (χ2n) is 15.3. The summed E-state index contributed by atoms with van der Waals surface area (Å²) in [5.74, 6) is -0.553. The van der Waals surface area contributed by atoms with Gasteiger partial charge in [0.05, 0.1) is 43.3 Å². The molecule has 4 rings (SSSR count). The number of aromatic amines is 1. The number of nitrogens with one attached hydrogen (secondary N) is 2. The van der Waals surface area contributed by atoms with Crippen LogP contribution in [0, 0.1) is 22.6 Å². The number of aliphatic hydroxyl groups is 2. The van der Waals surface area contributed by atoms with E-state index in [1.165, 1.54) is 95.2 Å². The maximum atomic E-state index is 14.2. The highest BCUT2D eigenvalue weighted by Crippen LogP contribution is 2.47. The number of aliphatic hydroxyl groups excluding tert-OH is 2. The molecule has 1 aliphatic rings. The van der Waals surface area contributed by atoms with Crippen molar-refractivity contribution in [1.82, 2.24) is 4.98 Å². The lowest BCUT2D eigenvalue weighted by Crippen LogP contribution is -2.44. The predicted molar refractivity (Wildman–Crippen MR) is 221 cm³/mol. The van der Waals surface area contributed by atoms with Gasteiger partial charge < -0.3 is 35.3 Å². The Kier molecular flexibility index (Phi) is 19.2. The number of nitrogens with two attached hydrogens (primary N) is 1. The summed E-state index contributed by atoms with van der Waals surface area (Å²) in [6, 6.07) is 17.1. The normalized spacial score (nSPS) is 21.1. The van der Waals surface area contributed by atoms with Gasteiger partial charge in [-0.25, -0.2) is 13.9 Å². The molecule has 1 unspecified atom stereocenters. The fraction of sp³-hybridized carbons (Fsp3) is 0.558. The van der Waals surface area contributed by atoms with Crippen LogP contribution in [0.3, 0.4) is 0 Å². The van der Waals surface area contributed by atoms with Crippen molar-refractivity contribution in [2.24, 2.45) is 10.7 Å². The van der Waals surface area contributed by atoms with Crippen LogP contribution in [-0.2, 0) is 42.5 Å². The number of nitrogens with zero attached hydrogens (tertiary/aromatic N) is 2. The number of aryl methyl sites for hydroxylation is 1. The van der Waals surface area contributed by atoms with Gasteiger partial charge in [-0.15, -0.1) is 0 Å². The summed E-state index contributed by atoms with van der Waals surface area (Å²) in [6.07, 6.45) is 12.8. The van der Waals surface area contributed by atoms with E-state index in [-0.39, 0.29) is 24.6 Å². The standard InChI is InChI=1S/C43H61FN5O8P/c1-3-4-5-6-7-8-9-10-11-12-13-14-15-31-16-18-32(19-17-31)25-36(54-27-34-22-33(26-45)23-35(44)24-34)28-55-58(52,53)56-29-43(2)41(51)39(50)40(57-43)37-20-21-38(49-37)42(47)48-30-46/h16-24,30,36,39-41,49-51H,3-15,25,27-29H2,1-2H3,(H,52,53)(H3,46,47,48)/t36-,39+,40+,41+,43-/m1/s1. The minimum absolute atomic E-state index is 0.0333. The molecule has 318 valence electrons. The first kappa shape index (κ1) is 46.9. The van der Waals surface area contributed by atoms with E-state index in [0.717, 1.165) is 30.8 Å². The zero-order valence-electron chi connectivity index (χ0n) is 33.8. The molecule has 58 heavy (non-hydrogen) atoms. The number of hydrogen-bond acceptors (Lipinski definition) is 9. The summed E-state index contributed by atoms with van der Waals surface area (Å²) in [7, 11) is -4.77. The van der Waals surface area contributed by atoms with Crippen LogP contribution in [0.2, 0.25) is 0 Å². The Bertz CT molecular complexity index is 1840. The number of benzene rings is 2. The minimum atomic E-state index is -4.77. The minimum Gasteiger partial charge on any atom is -0.387 e. The first-order chi connectivity index (χ1) is 27.9. The molecule has 6 atom stereocenters. The van der Waals surface area contributed by atoms with E-state index in [1.807, 2.05) is 18.2 Å². The van der Waals surface area contributed by atoms with Crippen LogP contribution >= 0.6 is 7.82 Å². The van der Waals surface area contributed by atoms with Gasteiger partial charge in [0.1, 0.15) is 41.9 Å². The van der Waals surface area contributed by atoms with Gasteiger partial charge in [-0.2, -0.15) is 5.26 Å². The Morgan fingerprint density at radius 1 is 1.00 bits per heavy atom. The van der Waals surface area contributed by atoms with Gasteiger partial charge in [-0.1, -0.05) is 102 Å². The summed E-state index contributed by atoms with van der Waals surface area (Å²) >= 11 is 0. The zero-order chi connectivity index (χ0) is 42.0. The molecule has 2 aromatic carbocycles. The number of unbranched alkanes of at least 4 members (excludes halogenated alkanes) is 11. The molecular formula is C43H61FN5O8P. The number of H-pyrrole nitrogens is 1. The number of hydrogen-bond donors (Lipinski definition) is 6. The zero-order valence-corrected chi connectivity index (χ0v) is 34.7. The van der Waals surface area contributed by atoms with E-state index >= 15 is 0 Å². The van der Waals surface area contributed by atoms with Crippen LogP contribution in [0.5, 0.6) is 0 Å². The van der Waals surface area contributed by atoms with Crippen LogP contribution in [0.15, 0.2) is 59.6 Å². The third-order valence-corrected chi connectivity index (χ3v) is 11.4. The van der Waals surface area contributed by atoms with Crippen LogP contribution in [-0.4, -0.2) is 69.4 Å². The summed E-state index contributed by atoms with van der Waals surface area (Å²) < 4.78 is 50.0. The molecule has 1 fully saturated rings. The maximum Gasteiger partial charge on any atom is 0.472 e. The lowest BCUT2D eigenvalue weighted by molar-refractivity contribution is -0.100. The summed E-state index contributed by atoms with van der Waals surface area (Å²) in [5, 5.41) is 38.1. The monoisotopic (exact) mass is 825 g/mol. The molecule has 15 heteroatoms. The van der Waals surface area contributed by atoms with E-state index in [4.69, 9.17) is 29.7 Å². The lowest BCUT2D eigenvalue weighted by atomic mass is 9.97. The second kappa shape index (κ2) is 23.7. The van der Waals surface area contributed by atoms with Crippen molar-refractivity contribution in [3.63, 3.8) is 0 Å². The van der Waals surface area contributed by atoms with Gasteiger partial charge in [-0.05, 0) is 66.8 Å². The van der Waals surface area contributed by atoms with Gasteiger partial charge >= 0.3 is 7.82 Å². The molecule has 0 radical (unpaired) electrons. The topological polar surface area (TPSA) is 216 Å². The number of aromatic nitrogens is 1. The van der Waals surface area contributed by atoms with E-state index in [2.05, 4.69) is 29.0 Å². The number of nitriles is 1. The third-order valence-electron chi connectivity index (χ3n) is 10.5. The molecule has 0 bridgehead atoms. The van der Waals surface area contributed by atoms with Crippen molar-refractivity contribution in [2.75, 3.05) is 13.2 Å². The lowest BCUT2D eigenvalue weighted by Gasteiger charge is -2.28. The highest BCUT2D eigenvalue weighted by Gasteiger charge is 2.53. The van der Waals surface area contributed by atoms with Crippen molar-refractivity contribution in [3.05, 3.63) is 94.1 Å². The van der Waals surface area contributed by atoms with Crippen molar-refractivity contribution in [1.29, 1.82) is 10.7 Å². The van der Waals surface area contributed by atoms with E-state index in [1.54, 1.807) is 12.1 Å². The molecule has 3 aromatic rings. The maximum absolute atomic E-state index is 14.2. The number of aliphatic imine (C=N–C) groups is 1. The second-order valence-corrected chi connectivity index (χ2v) is 16.8. The van der Waals surface area contributed by atoms with Crippen molar-refractivity contribution in [2.45, 2.75) is 140 Å². The van der Waals surface area contributed by atoms with Crippen LogP contribution in [0.1, 0.15) is 131 Å². The molecule has 7 N–H and O–H groups in total. The molecule has 2 heterocycles. The number of halogens is 1. The molecule has 0 aliphatic carbocycles. The number of rotatable bonds is 27. The SMILES string of the molecule is CCCCCCCCCCCCCCc1ccc(C[C@H](COP(=O)(O)OC[C@@]2(C)O[C@@H](c3ccc(/C(N)=N\C=N)[nH]3)[C@H](O)[C@@H]2O)OCc2cc(F)cc(C#N)c2)cc1. The molecule has 0 amide bonds. The molecule has 13 nitrogen and oxygen atoms in total. The van der Waals surface area contributed by atoms with Gasteiger partial charge in [0, 0.05) is 12.1 Å². The van der Waals surface area contributed by atoms with E-state index in [0.29, 0.717) is 23.4 Å². The van der Waals surface area contributed by atoms with Gasteiger partial charge in [0.15, 0.2) is 0 Å². The number of phosphoric acid groups is 1. The van der Waals surface area contributed by atoms with E-state index < -0.39 is 50.3 Å². The number of ether oxygens (including phenoxy) is 2. The summed E-state index contributed by atoms with van der Waals surface area (Å²) in [5.41, 5.74) is 7.60. The smallest absolute Gasteiger partial charge is 0.387 e. The molecular weight excluding hydrogens is 764 g/mol. The Morgan fingerprint density at radius 2 is 1.64 bits per heavy atom. The molecule has 0 saturated carbocycles. The highest BCUT2D eigenvalue weighted by molar-refractivity contribution is 7.47. The van der Waals surface area contributed by atoms with E-state index in [9.17, 15) is 29.3 Å². The van der Waals surface area contributed by atoms with Crippen molar-refractivity contribution < 1.29 is 42.6 Å². The average Bonchev–Trinajstić information content (AvgIpc) is 3.79.